The van der Waals surface area contributed by atoms with Crippen LogP contribution >= 0.6 is 17.0 Å². The van der Waals surface area contributed by atoms with E-state index in [0.717, 1.165) is 33.2 Å². The average molecular weight is 572 g/mol. The average Bonchev–Trinajstić information content (AvgIpc) is 3.33. The molecule has 2 aromatic carbocycles. The van der Waals surface area contributed by atoms with Crippen molar-refractivity contribution in [2.75, 3.05) is 0 Å². The van der Waals surface area contributed by atoms with Crippen molar-refractivity contribution in [2.24, 2.45) is 11.8 Å². The minimum absolute atomic E-state index is 0.750. The Hall–Kier alpha value is 0.380. The Kier molecular flexibility index (Phi) is 15.3. The number of halogens is 2. The summed E-state index contributed by atoms with van der Waals surface area (Å²) in [5, 5.41) is 0. The second kappa shape index (κ2) is 16.1. The summed E-state index contributed by atoms with van der Waals surface area (Å²) in [6.45, 7) is 18.4. The van der Waals surface area contributed by atoms with Gasteiger partial charge in [0.15, 0.2) is 0 Å². The van der Waals surface area contributed by atoms with Crippen LogP contribution in [0.3, 0.4) is 0 Å². The Morgan fingerprint density at radius 3 is 1.41 bits per heavy atom. The summed E-state index contributed by atoms with van der Waals surface area (Å²) in [6.07, 6.45) is 7.74. The van der Waals surface area contributed by atoms with Crippen LogP contribution in [0.25, 0.3) is 0 Å². The molecule has 4 unspecified atom stereocenters. The summed E-state index contributed by atoms with van der Waals surface area (Å²) in [5.74, 6) is 3.35. The SMILES string of the molecule is CCc1cc2c([cH-]1)CC(C)CC2C.CCc1cc2c([cH-]1)CC(C)CC2C.C[SiH]C.[Cl][Zr+2][Cl]. The maximum absolute atomic E-state index is 4.93. The Balaban J connectivity index is 0.000000258. The summed E-state index contributed by atoms with van der Waals surface area (Å²) in [5.41, 5.74) is 9.59. The first-order valence-corrected chi connectivity index (χ1v) is 21.1. The molecule has 0 aromatic heterocycles. The molecular formula is C28H45Cl2SiZr. The number of hydrogen-bond donors (Lipinski definition) is 0. The van der Waals surface area contributed by atoms with Gasteiger partial charge in [-0.05, 0) is 24.7 Å². The zero-order valence-electron chi connectivity index (χ0n) is 21.7. The van der Waals surface area contributed by atoms with Gasteiger partial charge in [0.05, 0.1) is 0 Å². The molecule has 0 fully saturated rings. The molecule has 2 aliphatic rings. The van der Waals surface area contributed by atoms with Crippen LogP contribution in [0.4, 0.5) is 0 Å². The van der Waals surface area contributed by atoms with Gasteiger partial charge in [0.25, 0.3) is 0 Å². The third-order valence-electron chi connectivity index (χ3n) is 6.67. The first-order valence-electron chi connectivity index (χ1n) is 12.5. The number of fused-ring (bicyclic) bond motifs is 2. The molecule has 4 atom stereocenters. The third kappa shape index (κ3) is 9.56. The van der Waals surface area contributed by atoms with Gasteiger partial charge >= 0.3 is 37.9 Å². The minimum atomic E-state index is -0.826. The van der Waals surface area contributed by atoms with Gasteiger partial charge in [0, 0.05) is 9.52 Å². The molecule has 4 rings (SSSR count). The van der Waals surface area contributed by atoms with Gasteiger partial charge in [-0.3, -0.25) is 0 Å². The van der Waals surface area contributed by atoms with Crippen LogP contribution in [-0.2, 0) is 46.5 Å². The second-order valence-electron chi connectivity index (χ2n) is 9.94. The molecule has 0 spiro atoms. The standard InChI is InChI=1S/2C13H19.C2H7Si.2ClH.Zr/c2*1-4-11-7-12-6-9(2)5-10(3)13(12)8-11;1-3-2;;;/h2*7-10H,4-6H2,1-3H3;3H,1-2H3;2*1H;/q2*-1;;;;+4/p-2. The molecule has 32 heavy (non-hydrogen) atoms. The van der Waals surface area contributed by atoms with Crippen LogP contribution in [0.1, 0.15) is 99.6 Å². The van der Waals surface area contributed by atoms with Crippen molar-refractivity contribution in [3.63, 3.8) is 0 Å². The molecule has 0 saturated heterocycles. The molecule has 0 aliphatic heterocycles. The van der Waals surface area contributed by atoms with Crippen molar-refractivity contribution < 1.29 is 20.8 Å². The summed E-state index contributed by atoms with van der Waals surface area (Å²) in [4.78, 5) is 0. The quantitative estimate of drug-likeness (QED) is 0.249. The molecule has 0 heterocycles. The molecular weight excluding hydrogens is 527 g/mol. The first kappa shape index (κ1) is 30.4. The summed E-state index contributed by atoms with van der Waals surface area (Å²) in [7, 11) is 10.6. The molecule has 0 saturated carbocycles. The van der Waals surface area contributed by atoms with Gasteiger partial charge in [-0.25, -0.2) is 12.1 Å². The van der Waals surface area contributed by atoms with Crippen LogP contribution in [0.5, 0.6) is 0 Å². The second-order valence-corrected chi connectivity index (χ2v) is 14.8. The van der Waals surface area contributed by atoms with Gasteiger partial charge < -0.3 is 0 Å². The van der Waals surface area contributed by atoms with Crippen molar-refractivity contribution in [1.82, 2.24) is 0 Å². The predicted molar refractivity (Wildman–Crippen MR) is 145 cm³/mol. The van der Waals surface area contributed by atoms with Crippen molar-refractivity contribution in [3.8, 4) is 0 Å². The first-order chi connectivity index (χ1) is 15.2. The van der Waals surface area contributed by atoms with Gasteiger partial charge in [0.2, 0.25) is 0 Å². The summed E-state index contributed by atoms with van der Waals surface area (Å²) >= 11 is -0.826. The van der Waals surface area contributed by atoms with Crippen LogP contribution in [0.2, 0.25) is 13.1 Å². The number of rotatable bonds is 2. The maximum atomic E-state index is 4.93. The summed E-state index contributed by atoms with van der Waals surface area (Å²) in [6, 6.07) is 9.68. The topological polar surface area (TPSA) is 0 Å². The van der Waals surface area contributed by atoms with E-state index in [1.807, 2.05) is 0 Å². The van der Waals surface area contributed by atoms with Gasteiger partial charge in [-0.1, -0.05) is 92.2 Å². The van der Waals surface area contributed by atoms with E-state index in [9.17, 15) is 0 Å². The fourth-order valence-corrected chi connectivity index (χ4v) is 5.34. The van der Waals surface area contributed by atoms with Crippen molar-refractivity contribution in [2.45, 2.75) is 105 Å². The van der Waals surface area contributed by atoms with E-state index in [0.29, 0.717) is 0 Å². The van der Waals surface area contributed by atoms with Crippen LogP contribution in [-0.4, -0.2) is 9.52 Å². The number of aryl methyl sites for hydroxylation is 2. The van der Waals surface area contributed by atoms with E-state index in [1.54, 1.807) is 22.3 Å². The Bertz CT molecular complexity index is 699. The number of hydrogen-bond acceptors (Lipinski definition) is 0. The summed E-state index contributed by atoms with van der Waals surface area (Å²) < 4.78 is 0. The van der Waals surface area contributed by atoms with E-state index in [1.165, 1.54) is 49.7 Å². The molecule has 1 radical (unpaired) electrons. The molecule has 0 nitrogen and oxygen atoms in total. The van der Waals surface area contributed by atoms with E-state index in [4.69, 9.17) is 17.0 Å². The molecule has 2 aromatic rings. The fraction of sp³-hybridized carbons (Fsp3) is 0.643. The zero-order valence-corrected chi connectivity index (χ0v) is 26.8. The third-order valence-corrected chi connectivity index (χ3v) is 6.67. The van der Waals surface area contributed by atoms with E-state index in [-0.39, 0.29) is 0 Å². The zero-order chi connectivity index (χ0) is 24.3. The molecule has 4 heteroatoms. The Morgan fingerprint density at radius 2 is 1.12 bits per heavy atom. The molecule has 179 valence electrons. The molecule has 0 bridgehead atoms. The predicted octanol–water partition coefficient (Wildman–Crippen LogP) is 9.20. The van der Waals surface area contributed by atoms with E-state index in [2.05, 4.69) is 78.9 Å². The Morgan fingerprint density at radius 1 is 0.812 bits per heavy atom. The van der Waals surface area contributed by atoms with Crippen molar-refractivity contribution in [3.05, 3.63) is 57.6 Å². The van der Waals surface area contributed by atoms with E-state index < -0.39 is 20.8 Å². The van der Waals surface area contributed by atoms with Crippen LogP contribution < -0.4 is 0 Å². The van der Waals surface area contributed by atoms with Crippen molar-refractivity contribution in [1.29, 1.82) is 0 Å². The van der Waals surface area contributed by atoms with Gasteiger partial charge in [0.1, 0.15) is 0 Å². The molecule has 2 aliphatic carbocycles. The fourth-order valence-electron chi connectivity index (χ4n) is 5.34. The van der Waals surface area contributed by atoms with Crippen molar-refractivity contribution >= 4 is 26.5 Å². The van der Waals surface area contributed by atoms with Crippen LogP contribution in [0.15, 0.2) is 24.3 Å². The monoisotopic (exact) mass is 569 g/mol. The Labute approximate surface area is 220 Å². The molecule has 0 N–H and O–H groups in total. The van der Waals surface area contributed by atoms with Gasteiger partial charge in [-0.15, -0.1) is 0 Å². The molecule has 0 amide bonds. The van der Waals surface area contributed by atoms with Gasteiger partial charge in [-0.2, -0.15) is 45.5 Å². The van der Waals surface area contributed by atoms with Crippen LogP contribution in [0, 0.1) is 11.8 Å². The van der Waals surface area contributed by atoms with E-state index >= 15 is 0 Å². The normalized spacial score (nSPS) is 23.1.